The lowest BCUT2D eigenvalue weighted by molar-refractivity contribution is -0.287. The molecule has 0 amide bonds. The zero-order valence-electron chi connectivity index (χ0n) is 10.3. The van der Waals surface area contributed by atoms with Gasteiger partial charge in [0.25, 0.3) is 5.91 Å². The van der Waals surface area contributed by atoms with Gasteiger partial charge in [0.05, 0.1) is 13.2 Å². The zero-order chi connectivity index (χ0) is 14.5. The average molecular weight is 285 g/mol. The number of ether oxygens (including phenoxy) is 1. The van der Waals surface area contributed by atoms with Gasteiger partial charge >= 0.3 is 0 Å². The van der Waals surface area contributed by atoms with Crippen molar-refractivity contribution in [2.45, 2.75) is 30.8 Å². The summed E-state index contributed by atoms with van der Waals surface area (Å²) in [5.41, 5.74) is 6.06. The molecule has 10 heteroatoms. The monoisotopic (exact) mass is 285 g/mol. The fourth-order valence-electron chi connectivity index (χ4n) is 2.33. The van der Waals surface area contributed by atoms with Gasteiger partial charge in [0.15, 0.2) is 12.1 Å². The van der Waals surface area contributed by atoms with Gasteiger partial charge in [-0.1, -0.05) is 0 Å². The molecule has 0 aliphatic carbocycles. The van der Waals surface area contributed by atoms with Crippen LogP contribution in [0.1, 0.15) is 5.69 Å². The number of imidazole rings is 1. The largest absolute Gasteiger partial charge is 0.394 e. The molecule has 2 aliphatic rings. The van der Waals surface area contributed by atoms with Crippen molar-refractivity contribution in [2.75, 3.05) is 11.9 Å². The first-order chi connectivity index (χ1) is 9.47. The van der Waals surface area contributed by atoms with Crippen LogP contribution >= 0.6 is 0 Å². The van der Waals surface area contributed by atoms with Gasteiger partial charge in [0, 0.05) is 0 Å². The number of fused-ring (bicyclic) bond motifs is 1. The quantitative estimate of drug-likeness (QED) is 0.332. The van der Waals surface area contributed by atoms with E-state index in [9.17, 15) is 15.3 Å². The maximum absolute atomic E-state index is 10.5. The molecule has 3 heterocycles. The highest BCUT2D eigenvalue weighted by molar-refractivity contribution is 5.93. The lowest BCUT2D eigenvalue weighted by atomic mass is 10.1. The molecule has 20 heavy (non-hydrogen) atoms. The Hall–Kier alpha value is -1.72. The third-order valence-corrected chi connectivity index (χ3v) is 3.43. The fraction of sp³-hybridized carbons (Fsp3) is 0.600. The van der Waals surface area contributed by atoms with Crippen LogP contribution in [0.3, 0.4) is 0 Å². The normalized spacial score (nSPS) is 36.4. The number of guanidine groups is 1. The van der Waals surface area contributed by atoms with Crippen molar-refractivity contribution in [1.82, 2.24) is 9.55 Å². The van der Waals surface area contributed by atoms with Crippen LogP contribution in [0, 0.1) is 0 Å². The predicted octanol–water partition coefficient (Wildman–Crippen LogP) is -3.16. The summed E-state index contributed by atoms with van der Waals surface area (Å²) in [5, 5.41) is 42.0. The molecular weight excluding hydrogens is 270 g/mol. The molecule has 0 aromatic carbocycles. The Morgan fingerprint density at radius 3 is 2.95 bits per heavy atom. The van der Waals surface area contributed by atoms with E-state index in [2.05, 4.69) is 15.3 Å². The number of nitrogens with two attached hydrogens (primary N) is 1. The summed E-state index contributed by atoms with van der Waals surface area (Å²) < 4.78 is 6.29. The van der Waals surface area contributed by atoms with Crippen molar-refractivity contribution >= 4 is 11.8 Å². The van der Waals surface area contributed by atoms with Crippen LogP contribution in [0.15, 0.2) is 11.3 Å². The minimum absolute atomic E-state index is 0.134. The fourth-order valence-corrected chi connectivity index (χ4v) is 2.33. The molecule has 0 saturated carbocycles. The van der Waals surface area contributed by atoms with Crippen LogP contribution in [0.25, 0.3) is 0 Å². The van der Waals surface area contributed by atoms with Crippen molar-refractivity contribution in [3.05, 3.63) is 12.0 Å². The Morgan fingerprint density at radius 2 is 2.30 bits per heavy atom. The molecule has 10 nitrogen and oxygen atoms in total. The van der Waals surface area contributed by atoms with Crippen LogP contribution in [0.5, 0.6) is 0 Å². The van der Waals surface area contributed by atoms with Crippen molar-refractivity contribution in [2.24, 2.45) is 10.7 Å². The molecule has 1 aromatic heterocycles. The highest BCUT2D eigenvalue weighted by Crippen LogP contribution is 2.36. The number of aliphatic hydroxyl groups is 4. The van der Waals surface area contributed by atoms with E-state index in [1.165, 1.54) is 6.33 Å². The molecule has 110 valence electrons. The van der Waals surface area contributed by atoms with Crippen molar-refractivity contribution in [3.8, 4) is 0 Å². The van der Waals surface area contributed by atoms with E-state index in [-0.39, 0.29) is 12.5 Å². The Balaban J connectivity index is 2.00. The second-order valence-electron chi connectivity index (χ2n) is 4.67. The highest BCUT2D eigenvalue weighted by atomic mass is 16.7. The summed E-state index contributed by atoms with van der Waals surface area (Å²) in [6.07, 6.45) is -2.96. The molecule has 1 saturated heterocycles. The number of nitrogens with zero attached hydrogens (tertiary/aromatic N) is 3. The van der Waals surface area contributed by atoms with Crippen LogP contribution < -0.4 is 11.1 Å². The predicted molar refractivity (Wildman–Crippen MR) is 65.3 cm³/mol. The van der Waals surface area contributed by atoms with E-state index >= 15 is 0 Å². The number of aliphatic imine (C=N–C) groups is 1. The van der Waals surface area contributed by atoms with Gasteiger partial charge in [-0.15, -0.1) is 0 Å². The Labute approximate surface area is 113 Å². The van der Waals surface area contributed by atoms with Crippen LogP contribution in [-0.2, 0) is 17.2 Å². The standard InChI is InChI=1S/C10H15N5O5/c11-9-12-1-4-8(14-9)15(3-13-4)10(19)7(18)6(17)5(2-16)20-10/h3,5-7,16-19H,1-2H2,(H3,11,12,14)/t5-,6?,7?,10+/m1/s1. The lowest BCUT2D eigenvalue weighted by Gasteiger charge is -2.29. The molecule has 1 aromatic rings. The van der Waals surface area contributed by atoms with Crippen LogP contribution in [-0.4, -0.2) is 60.9 Å². The maximum Gasteiger partial charge on any atom is 0.286 e. The molecule has 2 unspecified atom stereocenters. The van der Waals surface area contributed by atoms with Gasteiger partial charge in [-0.05, 0) is 0 Å². The van der Waals surface area contributed by atoms with Gasteiger partial charge in [-0.3, -0.25) is 4.57 Å². The molecule has 0 bridgehead atoms. The molecule has 4 atom stereocenters. The Morgan fingerprint density at radius 1 is 1.55 bits per heavy atom. The topological polar surface area (TPSA) is 158 Å². The van der Waals surface area contributed by atoms with Crippen LogP contribution in [0.4, 0.5) is 5.82 Å². The molecule has 0 radical (unpaired) electrons. The second-order valence-corrected chi connectivity index (χ2v) is 4.67. The minimum atomic E-state index is -2.25. The second kappa shape index (κ2) is 4.40. The number of anilines is 1. The summed E-state index contributed by atoms with van der Waals surface area (Å²) >= 11 is 0. The number of rotatable bonds is 2. The Kier molecular flexibility index (Phi) is 2.92. The summed E-state index contributed by atoms with van der Waals surface area (Å²) in [7, 11) is 0. The zero-order valence-corrected chi connectivity index (χ0v) is 10.3. The first-order valence-electron chi connectivity index (χ1n) is 5.98. The van der Waals surface area contributed by atoms with E-state index in [0.29, 0.717) is 11.5 Å². The third kappa shape index (κ3) is 1.70. The van der Waals surface area contributed by atoms with Gasteiger partial charge in [0.1, 0.15) is 30.0 Å². The SMILES string of the molecule is NC1=NCc2ncn([C@@]3(O)O[C@H](CO)C(O)C3O)c2N1. The summed E-state index contributed by atoms with van der Waals surface area (Å²) in [4.78, 5) is 7.97. The summed E-state index contributed by atoms with van der Waals surface area (Å²) in [5.74, 6) is -1.81. The highest BCUT2D eigenvalue weighted by Gasteiger charge is 2.55. The van der Waals surface area contributed by atoms with E-state index in [0.717, 1.165) is 4.57 Å². The van der Waals surface area contributed by atoms with Gasteiger partial charge < -0.3 is 36.2 Å². The first-order valence-corrected chi connectivity index (χ1v) is 5.98. The molecule has 2 aliphatic heterocycles. The summed E-state index contributed by atoms with van der Waals surface area (Å²) in [6, 6.07) is 0. The van der Waals surface area contributed by atoms with Crippen molar-refractivity contribution in [3.63, 3.8) is 0 Å². The number of aliphatic hydroxyl groups excluding tert-OH is 3. The average Bonchev–Trinajstić information content (AvgIpc) is 2.94. The maximum atomic E-state index is 10.5. The molecule has 7 N–H and O–H groups in total. The minimum Gasteiger partial charge on any atom is -0.394 e. The van der Waals surface area contributed by atoms with Gasteiger partial charge in [-0.25, -0.2) is 9.98 Å². The lowest BCUT2D eigenvalue weighted by Crippen LogP contribution is -2.46. The smallest absolute Gasteiger partial charge is 0.286 e. The van der Waals surface area contributed by atoms with E-state index < -0.39 is 30.8 Å². The van der Waals surface area contributed by atoms with E-state index in [4.69, 9.17) is 15.6 Å². The molecule has 3 rings (SSSR count). The van der Waals surface area contributed by atoms with E-state index in [1.807, 2.05) is 0 Å². The molecule has 0 spiro atoms. The molecular formula is C10H15N5O5. The van der Waals surface area contributed by atoms with E-state index in [1.54, 1.807) is 0 Å². The van der Waals surface area contributed by atoms with Gasteiger partial charge in [-0.2, -0.15) is 0 Å². The van der Waals surface area contributed by atoms with Crippen molar-refractivity contribution < 1.29 is 25.2 Å². The number of aromatic nitrogens is 2. The van der Waals surface area contributed by atoms with Crippen molar-refractivity contribution in [1.29, 1.82) is 0 Å². The number of hydrogen-bond donors (Lipinski definition) is 6. The summed E-state index contributed by atoms with van der Waals surface area (Å²) in [6.45, 7) is -0.326. The third-order valence-electron chi connectivity index (χ3n) is 3.43. The number of hydrogen-bond acceptors (Lipinski definition) is 9. The first kappa shape index (κ1) is 13.3. The van der Waals surface area contributed by atoms with Gasteiger partial charge in [0.2, 0.25) is 0 Å². The number of nitrogens with one attached hydrogen (secondary N) is 1. The molecule has 1 fully saturated rings. The Bertz CT molecular complexity index is 560. The van der Waals surface area contributed by atoms with Crippen LogP contribution in [0.2, 0.25) is 0 Å².